The largest absolute Gasteiger partial charge is 0.279 e. The minimum Gasteiger partial charge on any atom is -0.279 e. The van der Waals surface area contributed by atoms with Crippen LogP contribution in [0.5, 0.6) is 0 Å². The average Bonchev–Trinajstić information content (AvgIpc) is 2.43. The van der Waals surface area contributed by atoms with Crippen molar-refractivity contribution in [3.05, 3.63) is 53.6 Å². The van der Waals surface area contributed by atoms with Crippen LogP contribution in [0.1, 0.15) is 11.1 Å². The highest BCUT2D eigenvalue weighted by atomic mass is 32.2. The van der Waals surface area contributed by atoms with Gasteiger partial charge in [0.05, 0.1) is 10.6 Å². The summed E-state index contributed by atoms with van der Waals surface area (Å²) in [5.41, 5.74) is 2.55. The molecule has 0 spiro atoms. The van der Waals surface area contributed by atoms with Crippen LogP contribution in [-0.2, 0) is 10.0 Å². The number of nitrogens with one attached hydrogen (secondary N) is 1. The van der Waals surface area contributed by atoms with Gasteiger partial charge in [-0.2, -0.15) is 0 Å². The molecule has 0 fully saturated rings. The van der Waals surface area contributed by atoms with Gasteiger partial charge in [-0.05, 0) is 61.6 Å². The third kappa shape index (κ3) is 3.35. The van der Waals surface area contributed by atoms with Crippen LogP contribution in [0.15, 0.2) is 52.3 Å². The van der Waals surface area contributed by atoms with Crippen molar-refractivity contribution in [1.29, 1.82) is 0 Å². The zero-order valence-electron chi connectivity index (χ0n) is 11.7. The Bertz CT molecular complexity index is 707. The fourth-order valence-electron chi connectivity index (χ4n) is 1.80. The topological polar surface area (TPSA) is 46.2 Å². The lowest BCUT2D eigenvalue weighted by molar-refractivity contribution is 0.601. The lowest BCUT2D eigenvalue weighted by Crippen LogP contribution is -2.13. The summed E-state index contributed by atoms with van der Waals surface area (Å²) >= 11 is 1.58. The molecule has 0 amide bonds. The predicted octanol–water partition coefficient (Wildman–Crippen LogP) is 3.83. The van der Waals surface area contributed by atoms with Gasteiger partial charge >= 0.3 is 0 Å². The molecule has 0 atom stereocenters. The monoisotopic (exact) mass is 307 g/mol. The van der Waals surface area contributed by atoms with Crippen LogP contribution in [0.3, 0.4) is 0 Å². The summed E-state index contributed by atoms with van der Waals surface area (Å²) in [6, 6.07) is 12.6. The molecule has 0 aliphatic heterocycles. The van der Waals surface area contributed by atoms with Crippen LogP contribution >= 0.6 is 11.8 Å². The van der Waals surface area contributed by atoms with E-state index in [0.29, 0.717) is 5.69 Å². The molecule has 0 heterocycles. The Morgan fingerprint density at radius 3 is 2.25 bits per heavy atom. The standard InChI is InChI=1S/C15H17NO2S2/c1-11-4-5-12(2)15(10-11)16-20(17,18)14-8-6-13(19-3)7-9-14/h4-10,16H,1-3H3. The van der Waals surface area contributed by atoms with Crippen molar-refractivity contribution in [3.8, 4) is 0 Å². The Hall–Kier alpha value is -1.46. The lowest BCUT2D eigenvalue weighted by Gasteiger charge is -2.11. The van der Waals surface area contributed by atoms with E-state index in [1.807, 2.05) is 50.4 Å². The molecular weight excluding hydrogens is 290 g/mol. The van der Waals surface area contributed by atoms with E-state index >= 15 is 0 Å². The van der Waals surface area contributed by atoms with Gasteiger partial charge in [0.15, 0.2) is 0 Å². The Morgan fingerprint density at radius 1 is 1.00 bits per heavy atom. The SMILES string of the molecule is CSc1ccc(S(=O)(=O)Nc2cc(C)ccc2C)cc1. The number of rotatable bonds is 4. The van der Waals surface area contributed by atoms with E-state index in [1.54, 1.807) is 23.9 Å². The summed E-state index contributed by atoms with van der Waals surface area (Å²) in [6.07, 6.45) is 1.96. The van der Waals surface area contributed by atoms with E-state index < -0.39 is 10.0 Å². The van der Waals surface area contributed by atoms with Crippen LogP contribution < -0.4 is 4.72 Å². The molecule has 0 radical (unpaired) electrons. The summed E-state index contributed by atoms with van der Waals surface area (Å²) in [5, 5.41) is 0. The van der Waals surface area contributed by atoms with Gasteiger partial charge in [-0.3, -0.25) is 4.72 Å². The molecule has 0 aromatic heterocycles. The van der Waals surface area contributed by atoms with Gasteiger partial charge in [-0.1, -0.05) is 12.1 Å². The quantitative estimate of drug-likeness (QED) is 0.873. The summed E-state index contributed by atoms with van der Waals surface area (Å²) in [5.74, 6) is 0. The Labute approximate surface area is 124 Å². The van der Waals surface area contributed by atoms with Gasteiger partial charge in [0.1, 0.15) is 0 Å². The zero-order chi connectivity index (χ0) is 14.8. The molecule has 2 aromatic rings. The summed E-state index contributed by atoms with van der Waals surface area (Å²) in [7, 11) is -3.54. The smallest absolute Gasteiger partial charge is 0.261 e. The highest BCUT2D eigenvalue weighted by molar-refractivity contribution is 7.98. The second-order valence-corrected chi connectivity index (χ2v) is 7.16. The Morgan fingerprint density at radius 2 is 1.65 bits per heavy atom. The maximum Gasteiger partial charge on any atom is 0.261 e. The number of hydrogen-bond donors (Lipinski definition) is 1. The number of sulfonamides is 1. The maximum atomic E-state index is 12.3. The lowest BCUT2D eigenvalue weighted by atomic mass is 10.1. The van der Waals surface area contributed by atoms with E-state index in [4.69, 9.17) is 0 Å². The summed E-state index contributed by atoms with van der Waals surface area (Å²) in [6.45, 7) is 3.82. The zero-order valence-corrected chi connectivity index (χ0v) is 13.3. The van der Waals surface area contributed by atoms with E-state index in [2.05, 4.69) is 4.72 Å². The highest BCUT2D eigenvalue weighted by Crippen LogP contribution is 2.22. The predicted molar refractivity (Wildman–Crippen MR) is 84.9 cm³/mol. The number of thioether (sulfide) groups is 1. The van der Waals surface area contributed by atoms with Crippen molar-refractivity contribution in [2.75, 3.05) is 11.0 Å². The molecular formula is C15H17NO2S2. The van der Waals surface area contributed by atoms with Crippen LogP contribution in [0.25, 0.3) is 0 Å². The number of benzene rings is 2. The first-order valence-corrected chi connectivity index (χ1v) is 8.87. The van der Waals surface area contributed by atoms with Gasteiger partial charge in [0.2, 0.25) is 0 Å². The van der Waals surface area contributed by atoms with Crippen molar-refractivity contribution < 1.29 is 8.42 Å². The Balaban J connectivity index is 2.32. The molecule has 0 aliphatic carbocycles. The molecule has 0 aliphatic rings. The molecule has 2 aromatic carbocycles. The van der Waals surface area contributed by atoms with Crippen molar-refractivity contribution in [3.63, 3.8) is 0 Å². The first-order chi connectivity index (χ1) is 9.42. The van der Waals surface area contributed by atoms with E-state index in [1.165, 1.54) is 0 Å². The van der Waals surface area contributed by atoms with Gasteiger partial charge < -0.3 is 0 Å². The number of anilines is 1. The third-order valence-electron chi connectivity index (χ3n) is 3.01. The van der Waals surface area contributed by atoms with Crippen molar-refractivity contribution in [2.24, 2.45) is 0 Å². The normalized spacial score (nSPS) is 11.3. The first kappa shape index (κ1) is 14.9. The second kappa shape index (κ2) is 5.89. The fourth-order valence-corrected chi connectivity index (χ4v) is 3.33. The van der Waals surface area contributed by atoms with Gasteiger partial charge in [-0.15, -0.1) is 11.8 Å². The fraction of sp³-hybridized carbons (Fsp3) is 0.200. The van der Waals surface area contributed by atoms with Gasteiger partial charge in [0.25, 0.3) is 10.0 Å². The van der Waals surface area contributed by atoms with Crippen LogP contribution in [0.2, 0.25) is 0 Å². The van der Waals surface area contributed by atoms with E-state index in [-0.39, 0.29) is 4.90 Å². The third-order valence-corrected chi connectivity index (χ3v) is 5.13. The number of aryl methyl sites for hydroxylation is 2. The molecule has 0 unspecified atom stereocenters. The molecule has 0 saturated carbocycles. The molecule has 20 heavy (non-hydrogen) atoms. The van der Waals surface area contributed by atoms with Crippen LogP contribution in [-0.4, -0.2) is 14.7 Å². The van der Waals surface area contributed by atoms with Gasteiger partial charge in [-0.25, -0.2) is 8.42 Å². The van der Waals surface area contributed by atoms with Crippen molar-refractivity contribution in [1.82, 2.24) is 0 Å². The molecule has 5 heteroatoms. The number of hydrogen-bond acceptors (Lipinski definition) is 3. The van der Waals surface area contributed by atoms with Crippen LogP contribution in [0, 0.1) is 13.8 Å². The molecule has 0 saturated heterocycles. The average molecular weight is 307 g/mol. The molecule has 2 rings (SSSR count). The molecule has 1 N–H and O–H groups in total. The minimum absolute atomic E-state index is 0.274. The maximum absolute atomic E-state index is 12.3. The van der Waals surface area contributed by atoms with Crippen molar-refractivity contribution in [2.45, 2.75) is 23.6 Å². The molecule has 106 valence electrons. The van der Waals surface area contributed by atoms with E-state index in [9.17, 15) is 8.42 Å². The highest BCUT2D eigenvalue weighted by Gasteiger charge is 2.15. The second-order valence-electron chi connectivity index (χ2n) is 4.60. The van der Waals surface area contributed by atoms with Crippen molar-refractivity contribution >= 4 is 27.5 Å². The molecule has 3 nitrogen and oxygen atoms in total. The first-order valence-electron chi connectivity index (χ1n) is 6.16. The summed E-state index contributed by atoms with van der Waals surface area (Å²) in [4.78, 5) is 1.31. The molecule has 0 bridgehead atoms. The minimum atomic E-state index is -3.54. The van der Waals surface area contributed by atoms with E-state index in [0.717, 1.165) is 16.0 Å². The van der Waals surface area contributed by atoms with Gasteiger partial charge in [0, 0.05) is 4.90 Å². The van der Waals surface area contributed by atoms with Crippen LogP contribution in [0.4, 0.5) is 5.69 Å². The Kier molecular flexibility index (Phi) is 4.40. The summed E-state index contributed by atoms with van der Waals surface area (Å²) < 4.78 is 27.3.